The first kappa shape index (κ1) is 31.8. The Kier molecular flexibility index (Phi) is 14.7. The summed E-state index contributed by atoms with van der Waals surface area (Å²) >= 11 is 0. The molecule has 198 valence electrons. The second-order valence-electron chi connectivity index (χ2n) is 9.30. The monoisotopic (exact) mass is 494 g/mol. The number of halogens is 3. The molecule has 8 nitrogen and oxygen atoms in total. The Morgan fingerprint density at radius 2 is 1.50 bits per heavy atom. The minimum Gasteiger partial charge on any atom is -0.348 e. The maximum Gasteiger partial charge on any atom is 0.471 e. The molecule has 0 aromatic carbocycles. The van der Waals surface area contributed by atoms with Crippen molar-refractivity contribution in [3.05, 3.63) is 0 Å². The number of rotatable bonds is 16. The van der Waals surface area contributed by atoms with E-state index in [0.29, 0.717) is 12.8 Å². The van der Waals surface area contributed by atoms with Crippen LogP contribution in [0.3, 0.4) is 0 Å². The molecule has 0 aliphatic rings. The highest BCUT2D eigenvalue weighted by molar-refractivity contribution is 5.92. The Labute approximate surface area is 200 Å². The lowest BCUT2D eigenvalue weighted by atomic mass is 9.97. The third-order valence-electron chi connectivity index (χ3n) is 5.26. The summed E-state index contributed by atoms with van der Waals surface area (Å²) in [6.45, 7) is 10.9. The van der Waals surface area contributed by atoms with Gasteiger partial charge in [0.25, 0.3) is 0 Å². The highest BCUT2D eigenvalue weighted by atomic mass is 19.4. The first-order valence-corrected chi connectivity index (χ1v) is 11.9. The van der Waals surface area contributed by atoms with Crippen LogP contribution in [0.25, 0.3) is 0 Å². The smallest absolute Gasteiger partial charge is 0.348 e. The molecule has 11 heteroatoms. The number of carbonyl (C=O) groups excluding carboxylic acids is 4. The number of nitrogens with one attached hydrogen (secondary N) is 4. The highest BCUT2D eigenvalue weighted by Gasteiger charge is 2.38. The van der Waals surface area contributed by atoms with E-state index >= 15 is 0 Å². The lowest BCUT2D eigenvalue weighted by Crippen LogP contribution is -2.51. The van der Waals surface area contributed by atoms with Gasteiger partial charge in [-0.25, -0.2) is 0 Å². The summed E-state index contributed by atoms with van der Waals surface area (Å²) < 4.78 is 36.6. The van der Waals surface area contributed by atoms with E-state index in [0.717, 1.165) is 6.42 Å². The van der Waals surface area contributed by atoms with Gasteiger partial charge in [-0.2, -0.15) is 13.2 Å². The maximum absolute atomic E-state index is 12.6. The SMILES string of the molecule is CCC(C)N[C@@H](CC(C)C)C(=O)NCC(=O)N[C@@H](CCCCNC(=O)C(F)(F)F)C(=O)C(C)C. The number of ketones is 1. The summed E-state index contributed by atoms with van der Waals surface area (Å²) in [6.07, 6.45) is -2.73. The summed E-state index contributed by atoms with van der Waals surface area (Å²) in [5, 5.41) is 10.3. The van der Waals surface area contributed by atoms with E-state index in [1.165, 1.54) is 0 Å². The molecule has 0 rings (SSSR count). The molecule has 0 spiro atoms. The average molecular weight is 495 g/mol. The van der Waals surface area contributed by atoms with Crippen LogP contribution in [0.5, 0.6) is 0 Å². The van der Waals surface area contributed by atoms with Crippen LogP contribution in [-0.2, 0) is 19.2 Å². The van der Waals surface area contributed by atoms with E-state index in [-0.39, 0.29) is 55.5 Å². The molecule has 34 heavy (non-hydrogen) atoms. The van der Waals surface area contributed by atoms with Gasteiger partial charge in [-0.3, -0.25) is 19.2 Å². The van der Waals surface area contributed by atoms with Gasteiger partial charge >= 0.3 is 12.1 Å². The predicted molar refractivity (Wildman–Crippen MR) is 124 cm³/mol. The van der Waals surface area contributed by atoms with Gasteiger partial charge in [0.05, 0.1) is 18.6 Å². The van der Waals surface area contributed by atoms with Crippen LogP contribution in [0.15, 0.2) is 0 Å². The molecule has 3 amide bonds. The van der Waals surface area contributed by atoms with E-state index in [4.69, 9.17) is 0 Å². The highest BCUT2D eigenvalue weighted by Crippen LogP contribution is 2.14. The number of alkyl halides is 3. The third-order valence-corrected chi connectivity index (χ3v) is 5.26. The summed E-state index contributed by atoms with van der Waals surface area (Å²) in [4.78, 5) is 48.3. The number of hydrogen-bond donors (Lipinski definition) is 4. The van der Waals surface area contributed by atoms with Gasteiger partial charge in [0, 0.05) is 18.5 Å². The van der Waals surface area contributed by atoms with E-state index in [1.54, 1.807) is 19.2 Å². The first-order valence-electron chi connectivity index (χ1n) is 11.9. The summed E-state index contributed by atoms with van der Waals surface area (Å²) in [5.74, 6) is -3.13. The standard InChI is InChI=1S/C23H41F3N4O4/c1-7-16(6)29-18(12-14(2)3)21(33)28-13-19(31)30-17(20(32)15(4)5)10-8-9-11-27-22(34)23(24,25)26/h14-18,29H,7-13H2,1-6H3,(H,27,34)(H,28,33)(H,30,31)/t16?,17-,18-/m0/s1. The number of Topliss-reactive ketones (excluding diaryl/α,β-unsaturated/α-hetero) is 1. The first-order chi connectivity index (χ1) is 15.7. The van der Waals surface area contributed by atoms with Crippen LogP contribution in [0.4, 0.5) is 13.2 Å². The van der Waals surface area contributed by atoms with Crippen molar-refractivity contribution in [1.82, 2.24) is 21.3 Å². The third kappa shape index (κ3) is 13.5. The van der Waals surface area contributed by atoms with Crippen molar-refractivity contribution in [1.29, 1.82) is 0 Å². The van der Waals surface area contributed by atoms with Gasteiger partial charge in [0.2, 0.25) is 11.8 Å². The zero-order valence-electron chi connectivity index (χ0n) is 21.1. The minimum absolute atomic E-state index is 0.136. The fraction of sp³-hybridized carbons (Fsp3) is 0.826. The molecule has 0 fully saturated rings. The van der Waals surface area contributed by atoms with Crippen LogP contribution in [0, 0.1) is 11.8 Å². The van der Waals surface area contributed by atoms with Gasteiger partial charge in [-0.1, -0.05) is 34.6 Å². The largest absolute Gasteiger partial charge is 0.471 e. The fourth-order valence-electron chi connectivity index (χ4n) is 3.18. The molecule has 4 N–H and O–H groups in total. The number of carbonyl (C=O) groups is 4. The molecular weight excluding hydrogens is 453 g/mol. The molecule has 0 saturated heterocycles. The maximum atomic E-state index is 12.6. The quantitative estimate of drug-likeness (QED) is 0.246. The number of unbranched alkanes of at least 4 members (excludes halogenated alkanes) is 1. The molecular formula is C23H41F3N4O4. The zero-order valence-corrected chi connectivity index (χ0v) is 21.1. The summed E-state index contributed by atoms with van der Waals surface area (Å²) in [7, 11) is 0. The van der Waals surface area contributed by atoms with Gasteiger partial charge in [0.15, 0.2) is 5.78 Å². The molecule has 0 aromatic heterocycles. The van der Waals surface area contributed by atoms with Crippen molar-refractivity contribution >= 4 is 23.5 Å². The van der Waals surface area contributed by atoms with Crippen LogP contribution >= 0.6 is 0 Å². The summed E-state index contributed by atoms with van der Waals surface area (Å²) in [6, 6.07) is -1.13. The Bertz CT molecular complexity index is 669. The van der Waals surface area contributed by atoms with Crippen molar-refractivity contribution in [2.45, 2.75) is 97.9 Å². The molecule has 1 unspecified atom stereocenters. The van der Waals surface area contributed by atoms with Crippen LogP contribution in [0.2, 0.25) is 0 Å². The summed E-state index contributed by atoms with van der Waals surface area (Å²) in [5.41, 5.74) is 0. The van der Waals surface area contributed by atoms with Gasteiger partial charge in [-0.15, -0.1) is 0 Å². The molecule has 0 aromatic rings. The lowest BCUT2D eigenvalue weighted by molar-refractivity contribution is -0.173. The predicted octanol–water partition coefficient (Wildman–Crippen LogP) is 2.46. The van der Waals surface area contributed by atoms with E-state index in [9.17, 15) is 32.3 Å². The molecule has 0 radical (unpaired) electrons. The Balaban J connectivity index is 4.77. The van der Waals surface area contributed by atoms with Crippen LogP contribution in [0.1, 0.15) is 73.6 Å². The Morgan fingerprint density at radius 3 is 2.00 bits per heavy atom. The second kappa shape index (κ2) is 15.7. The average Bonchev–Trinajstić information content (AvgIpc) is 2.73. The molecule has 0 saturated carbocycles. The molecule has 0 aliphatic heterocycles. The van der Waals surface area contributed by atoms with Crippen LogP contribution in [-0.4, -0.2) is 60.9 Å². The number of hydrogen-bond acceptors (Lipinski definition) is 5. The molecule has 0 aliphatic carbocycles. The van der Waals surface area contributed by atoms with Crippen molar-refractivity contribution < 1.29 is 32.3 Å². The van der Waals surface area contributed by atoms with Crippen molar-refractivity contribution in [3.63, 3.8) is 0 Å². The molecule has 3 atom stereocenters. The zero-order chi connectivity index (χ0) is 26.5. The minimum atomic E-state index is -4.94. The van der Waals surface area contributed by atoms with Gasteiger partial charge in [-0.05, 0) is 44.9 Å². The van der Waals surface area contributed by atoms with Gasteiger partial charge in [0.1, 0.15) is 0 Å². The molecule has 0 bridgehead atoms. The Hall–Kier alpha value is -2.17. The van der Waals surface area contributed by atoms with Crippen molar-refractivity contribution in [3.8, 4) is 0 Å². The lowest BCUT2D eigenvalue weighted by Gasteiger charge is -2.24. The Morgan fingerprint density at radius 1 is 0.882 bits per heavy atom. The second-order valence-corrected chi connectivity index (χ2v) is 9.30. The van der Waals surface area contributed by atoms with Crippen molar-refractivity contribution in [2.75, 3.05) is 13.1 Å². The number of amides is 3. The topological polar surface area (TPSA) is 116 Å². The van der Waals surface area contributed by atoms with Crippen LogP contribution < -0.4 is 21.3 Å². The van der Waals surface area contributed by atoms with E-state index in [2.05, 4.69) is 16.0 Å². The van der Waals surface area contributed by atoms with E-state index < -0.39 is 30.1 Å². The normalized spacial score (nSPS) is 14.4. The fourth-order valence-corrected chi connectivity index (χ4v) is 3.18. The van der Waals surface area contributed by atoms with Crippen molar-refractivity contribution in [2.24, 2.45) is 11.8 Å². The van der Waals surface area contributed by atoms with Gasteiger partial charge < -0.3 is 21.3 Å². The van der Waals surface area contributed by atoms with E-state index in [1.807, 2.05) is 27.7 Å². The molecule has 0 heterocycles.